The Bertz CT molecular complexity index is 336. The van der Waals surface area contributed by atoms with Gasteiger partial charge in [-0.1, -0.05) is 26.2 Å². The highest BCUT2D eigenvalue weighted by atomic mass is 32.1. The van der Waals surface area contributed by atoms with Gasteiger partial charge in [0.1, 0.15) is 0 Å². The lowest BCUT2D eigenvalue weighted by molar-refractivity contribution is 0.0649. The van der Waals surface area contributed by atoms with Crippen molar-refractivity contribution in [2.24, 2.45) is 11.8 Å². The van der Waals surface area contributed by atoms with Gasteiger partial charge in [-0.05, 0) is 31.6 Å². The van der Waals surface area contributed by atoms with Gasteiger partial charge in [-0.15, -0.1) is 11.3 Å². The zero-order chi connectivity index (χ0) is 11.5. The van der Waals surface area contributed by atoms with E-state index in [1.165, 1.54) is 25.7 Å². The molecule has 3 heteroatoms. The molecule has 1 aromatic rings. The van der Waals surface area contributed by atoms with Crippen LogP contribution < -0.4 is 0 Å². The van der Waals surface area contributed by atoms with Crippen LogP contribution in [0.1, 0.15) is 55.8 Å². The minimum absolute atomic E-state index is 0.334. The molecule has 0 amide bonds. The lowest BCUT2D eigenvalue weighted by atomic mass is 9.77. The fourth-order valence-electron chi connectivity index (χ4n) is 2.75. The van der Waals surface area contributed by atoms with E-state index in [0.717, 1.165) is 23.0 Å². The zero-order valence-electron chi connectivity index (χ0n) is 10.1. The summed E-state index contributed by atoms with van der Waals surface area (Å²) in [6, 6.07) is 0. The molecule has 0 aromatic carbocycles. The Hall–Kier alpha value is -0.410. The molecule has 1 fully saturated rings. The highest BCUT2D eigenvalue weighted by Crippen LogP contribution is 2.38. The molecule has 1 aromatic heterocycles. The van der Waals surface area contributed by atoms with Gasteiger partial charge in [0.2, 0.25) is 0 Å². The number of hydrogen-bond donors (Lipinski definition) is 1. The molecule has 16 heavy (non-hydrogen) atoms. The number of nitrogens with zero attached hydrogens (tertiary/aromatic N) is 1. The first-order valence-electron chi connectivity index (χ1n) is 6.30. The Morgan fingerprint density at radius 1 is 1.56 bits per heavy atom. The summed E-state index contributed by atoms with van der Waals surface area (Å²) in [7, 11) is 0. The van der Waals surface area contributed by atoms with Crippen LogP contribution in [0, 0.1) is 18.8 Å². The van der Waals surface area contributed by atoms with Gasteiger partial charge in [-0.25, -0.2) is 4.98 Å². The predicted octanol–water partition coefficient (Wildman–Crippen LogP) is 3.70. The topological polar surface area (TPSA) is 33.1 Å². The minimum atomic E-state index is -0.334. The first-order valence-corrected chi connectivity index (χ1v) is 7.18. The molecule has 1 aliphatic carbocycles. The smallest absolute Gasteiger partial charge is 0.0996 e. The monoisotopic (exact) mass is 239 g/mol. The quantitative estimate of drug-likeness (QED) is 0.872. The van der Waals surface area contributed by atoms with E-state index in [-0.39, 0.29) is 6.10 Å². The van der Waals surface area contributed by atoms with Crippen LogP contribution in [0.2, 0.25) is 0 Å². The Kier molecular flexibility index (Phi) is 3.98. The number of rotatable bonds is 3. The highest BCUT2D eigenvalue weighted by Gasteiger charge is 2.28. The van der Waals surface area contributed by atoms with Gasteiger partial charge in [0.25, 0.3) is 0 Å². The summed E-state index contributed by atoms with van der Waals surface area (Å²) >= 11 is 1.63. The van der Waals surface area contributed by atoms with Crippen LogP contribution in [-0.4, -0.2) is 10.1 Å². The second-order valence-electron chi connectivity index (χ2n) is 4.94. The molecule has 1 heterocycles. The van der Waals surface area contributed by atoms with E-state index in [0.29, 0.717) is 5.92 Å². The van der Waals surface area contributed by atoms with E-state index in [1.54, 1.807) is 11.3 Å². The zero-order valence-corrected chi connectivity index (χ0v) is 11.0. The van der Waals surface area contributed by atoms with Crippen molar-refractivity contribution in [2.75, 3.05) is 0 Å². The Morgan fingerprint density at radius 3 is 3.00 bits per heavy atom. The molecule has 90 valence electrons. The molecule has 1 aliphatic rings. The van der Waals surface area contributed by atoms with Crippen LogP contribution in [0.3, 0.4) is 0 Å². The van der Waals surface area contributed by atoms with E-state index >= 15 is 0 Å². The van der Waals surface area contributed by atoms with Crippen LogP contribution in [0.4, 0.5) is 0 Å². The van der Waals surface area contributed by atoms with Crippen LogP contribution in [-0.2, 0) is 0 Å². The molecule has 0 saturated heterocycles. The molecular formula is C13H21NOS. The maximum absolute atomic E-state index is 10.3. The predicted molar refractivity (Wildman–Crippen MR) is 67.5 cm³/mol. The fourth-order valence-corrected chi connectivity index (χ4v) is 3.39. The molecule has 1 saturated carbocycles. The van der Waals surface area contributed by atoms with Crippen LogP contribution >= 0.6 is 11.3 Å². The molecule has 0 spiro atoms. The third kappa shape index (κ3) is 2.64. The molecule has 0 bridgehead atoms. The Labute approximate surface area is 102 Å². The summed E-state index contributed by atoms with van der Waals surface area (Å²) in [5.74, 6) is 1.24. The minimum Gasteiger partial charge on any atom is -0.386 e. The summed E-state index contributed by atoms with van der Waals surface area (Å²) in [5.41, 5.74) is 0.893. The standard InChI is InChI=1S/C13H21NOS/c1-3-10-5-4-6-11(7-10)13(15)12-8-16-9(2)14-12/h8,10-11,13,15H,3-7H2,1-2H3. The Morgan fingerprint density at radius 2 is 2.38 bits per heavy atom. The molecule has 3 atom stereocenters. The van der Waals surface area contributed by atoms with Crippen molar-refractivity contribution in [2.45, 2.75) is 52.1 Å². The highest BCUT2D eigenvalue weighted by molar-refractivity contribution is 7.09. The molecule has 0 radical (unpaired) electrons. The van der Waals surface area contributed by atoms with Crippen LogP contribution in [0.25, 0.3) is 0 Å². The molecule has 3 unspecified atom stereocenters. The van der Waals surface area contributed by atoms with E-state index in [4.69, 9.17) is 0 Å². The third-order valence-corrected chi connectivity index (χ3v) is 4.58. The van der Waals surface area contributed by atoms with Crippen molar-refractivity contribution < 1.29 is 5.11 Å². The normalized spacial score (nSPS) is 27.9. The van der Waals surface area contributed by atoms with Crippen molar-refractivity contribution in [3.8, 4) is 0 Å². The second-order valence-corrected chi connectivity index (χ2v) is 6.00. The lowest BCUT2D eigenvalue weighted by Crippen LogP contribution is -2.21. The lowest BCUT2D eigenvalue weighted by Gasteiger charge is -2.31. The molecule has 2 nitrogen and oxygen atoms in total. The van der Waals surface area contributed by atoms with Gasteiger partial charge in [0.05, 0.1) is 16.8 Å². The second kappa shape index (κ2) is 5.28. The summed E-state index contributed by atoms with van der Waals surface area (Å²) < 4.78 is 0. The average Bonchev–Trinajstić information content (AvgIpc) is 2.75. The van der Waals surface area contributed by atoms with Crippen molar-refractivity contribution in [3.05, 3.63) is 16.1 Å². The number of thiazole rings is 1. The van der Waals surface area contributed by atoms with Crippen molar-refractivity contribution in [1.82, 2.24) is 4.98 Å². The first kappa shape index (κ1) is 12.1. The third-order valence-electron chi connectivity index (χ3n) is 3.79. The van der Waals surface area contributed by atoms with Crippen molar-refractivity contribution in [1.29, 1.82) is 0 Å². The van der Waals surface area contributed by atoms with Gasteiger partial charge < -0.3 is 5.11 Å². The van der Waals surface area contributed by atoms with Gasteiger partial charge in [0, 0.05) is 5.38 Å². The molecule has 1 N–H and O–H groups in total. The maximum atomic E-state index is 10.3. The van der Waals surface area contributed by atoms with Crippen LogP contribution in [0.5, 0.6) is 0 Å². The van der Waals surface area contributed by atoms with Crippen molar-refractivity contribution >= 4 is 11.3 Å². The van der Waals surface area contributed by atoms with Gasteiger partial charge >= 0.3 is 0 Å². The summed E-state index contributed by atoms with van der Waals surface area (Å²) in [6.07, 6.45) is 5.86. The molecule has 2 rings (SSSR count). The van der Waals surface area contributed by atoms with E-state index in [2.05, 4.69) is 11.9 Å². The van der Waals surface area contributed by atoms with E-state index in [9.17, 15) is 5.11 Å². The van der Waals surface area contributed by atoms with Gasteiger partial charge in [-0.3, -0.25) is 0 Å². The Balaban J connectivity index is 2.01. The van der Waals surface area contributed by atoms with Crippen LogP contribution in [0.15, 0.2) is 5.38 Å². The summed E-state index contributed by atoms with van der Waals surface area (Å²) in [4.78, 5) is 4.41. The maximum Gasteiger partial charge on any atom is 0.0996 e. The summed E-state index contributed by atoms with van der Waals surface area (Å²) in [6.45, 7) is 4.25. The van der Waals surface area contributed by atoms with E-state index < -0.39 is 0 Å². The summed E-state index contributed by atoms with van der Waals surface area (Å²) in [5, 5.41) is 13.4. The average molecular weight is 239 g/mol. The molecule has 0 aliphatic heterocycles. The largest absolute Gasteiger partial charge is 0.386 e. The SMILES string of the molecule is CCC1CCCC(C(O)c2csc(C)n2)C1. The van der Waals surface area contributed by atoms with Crippen molar-refractivity contribution in [3.63, 3.8) is 0 Å². The number of aryl methyl sites for hydroxylation is 1. The fraction of sp³-hybridized carbons (Fsp3) is 0.769. The number of aliphatic hydroxyl groups is 1. The number of hydrogen-bond acceptors (Lipinski definition) is 3. The van der Waals surface area contributed by atoms with Gasteiger partial charge in [0.15, 0.2) is 0 Å². The molecular weight excluding hydrogens is 218 g/mol. The number of aliphatic hydroxyl groups excluding tert-OH is 1. The number of aromatic nitrogens is 1. The van der Waals surface area contributed by atoms with Gasteiger partial charge in [-0.2, -0.15) is 0 Å². The van der Waals surface area contributed by atoms with E-state index in [1.807, 2.05) is 12.3 Å². The first-order chi connectivity index (χ1) is 7.70.